The molecule has 22 heavy (non-hydrogen) atoms. The van der Waals surface area contributed by atoms with Crippen molar-refractivity contribution in [1.29, 1.82) is 0 Å². The molecule has 1 aliphatic heterocycles. The molecule has 2 atom stereocenters. The highest BCUT2D eigenvalue weighted by molar-refractivity contribution is 7.89. The number of benzene rings is 1. The highest BCUT2D eigenvalue weighted by Gasteiger charge is 2.34. The number of morpholine rings is 1. The maximum atomic E-state index is 13.2. The molecule has 0 aliphatic carbocycles. The van der Waals surface area contributed by atoms with Gasteiger partial charge in [-0.2, -0.15) is 4.31 Å². The monoisotopic (exact) mass is 325 g/mol. The van der Waals surface area contributed by atoms with Gasteiger partial charge in [0.2, 0.25) is 10.0 Å². The van der Waals surface area contributed by atoms with Crippen molar-refractivity contribution in [2.75, 3.05) is 13.1 Å². The maximum Gasteiger partial charge on any atom is 0.243 e. The van der Waals surface area contributed by atoms with Crippen molar-refractivity contribution in [3.05, 3.63) is 27.8 Å². The molecule has 1 fully saturated rings. The van der Waals surface area contributed by atoms with Crippen LogP contribution in [0.25, 0.3) is 0 Å². The van der Waals surface area contributed by atoms with E-state index >= 15 is 0 Å². The maximum absolute atomic E-state index is 13.2. The highest BCUT2D eigenvalue weighted by Crippen LogP contribution is 2.32. The zero-order valence-corrected chi connectivity index (χ0v) is 15.5. The Labute approximate surface area is 134 Å². The van der Waals surface area contributed by atoms with Crippen molar-refractivity contribution in [3.63, 3.8) is 0 Å². The van der Waals surface area contributed by atoms with E-state index in [2.05, 4.69) is 6.92 Å². The van der Waals surface area contributed by atoms with Crippen LogP contribution < -0.4 is 0 Å². The molecule has 1 heterocycles. The first-order chi connectivity index (χ1) is 10.1. The van der Waals surface area contributed by atoms with Crippen LogP contribution in [0.2, 0.25) is 0 Å². The predicted octanol–water partition coefficient (Wildman–Crippen LogP) is 3.03. The van der Waals surface area contributed by atoms with Crippen LogP contribution in [-0.4, -0.2) is 38.0 Å². The van der Waals surface area contributed by atoms with E-state index in [1.807, 2.05) is 41.5 Å². The summed E-state index contributed by atoms with van der Waals surface area (Å²) in [5.74, 6) is 0. The second-order valence-electron chi connectivity index (χ2n) is 6.53. The topological polar surface area (TPSA) is 46.6 Å². The minimum absolute atomic E-state index is 0.0771. The van der Waals surface area contributed by atoms with Crippen LogP contribution in [0.1, 0.15) is 41.7 Å². The predicted molar refractivity (Wildman–Crippen MR) is 88.9 cm³/mol. The molecule has 2 unspecified atom stereocenters. The Bertz CT molecular complexity index is 655. The molecular weight excluding hydrogens is 298 g/mol. The van der Waals surface area contributed by atoms with Crippen molar-refractivity contribution < 1.29 is 13.2 Å². The first-order valence-electron chi connectivity index (χ1n) is 7.80. The molecule has 0 bridgehead atoms. The summed E-state index contributed by atoms with van der Waals surface area (Å²) in [6.07, 6.45) is -0.154. The Morgan fingerprint density at radius 2 is 1.18 bits per heavy atom. The van der Waals surface area contributed by atoms with E-state index in [0.717, 1.165) is 22.3 Å². The lowest BCUT2D eigenvalue weighted by Crippen LogP contribution is -2.48. The fourth-order valence-electron chi connectivity index (χ4n) is 3.31. The van der Waals surface area contributed by atoms with Gasteiger partial charge in [-0.15, -0.1) is 0 Å². The zero-order valence-electron chi connectivity index (χ0n) is 14.6. The van der Waals surface area contributed by atoms with Crippen molar-refractivity contribution in [3.8, 4) is 0 Å². The highest BCUT2D eigenvalue weighted by atomic mass is 32.2. The molecule has 0 amide bonds. The first-order valence-corrected chi connectivity index (χ1v) is 9.24. The smallest absolute Gasteiger partial charge is 0.243 e. The van der Waals surface area contributed by atoms with Gasteiger partial charge in [0.25, 0.3) is 0 Å². The SMILES string of the molecule is Cc1c(C)c(C)c(S(=O)(=O)N2CC(C)OC(C)C2)c(C)c1C. The quantitative estimate of drug-likeness (QED) is 0.839. The van der Waals surface area contributed by atoms with Crippen molar-refractivity contribution in [1.82, 2.24) is 4.31 Å². The minimum atomic E-state index is -3.50. The van der Waals surface area contributed by atoms with Gasteiger partial charge in [0, 0.05) is 13.1 Å². The normalized spacial score (nSPS) is 23.8. The van der Waals surface area contributed by atoms with E-state index in [0.29, 0.717) is 18.0 Å². The Kier molecular flexibility index (Phi) is 4.71. The second kappa shape index (κ2) is 5.95. The van der Waals surface area contributed by atoms with Crippen LogP contribution >= 0.6 is 0 Å². The van der Waals surface area contributed by atoms with Gasteiger partial charge < -0.3 is 4.74 Å². The zero-order chi connectivity index (χ0) is 16.8. The van der Waals surface area contributed by atoms with Gasteiger partial charge in [0.1, 0.15) is 0 Å². The van der Waals surface area contributed by atoms with E-state index in [1.54, 1.807) is 4.31 Å². The summed E-state index contributed by atoms with van der Waals surface area (Å²) in [7, 11) is -3.50. The summed E-state index contributed by atoms with van der Waals surface area (Å²) in [5, 5.41) is 0. The molecule has 0 saturated carbocycles. The molecule has 1 saturated heterocycles. The minimum Gasteiger partial charge on any atom is -0.373 e. The van der Waals surface area contributed by atoms with E-state index in [1.165, 1.54) is 5.56 Å². The molecule has 0 spiro atoms. The molecule has 1 aromatic carbocycles. The van der Waals surface area contributed by atoms with Crippen molar-refractivity contribution in [2.45, 2.75) is 65.6 Å². The van der Waals surface area contributed by atoms with Crippen LogP contribution in [0.5, 0.6) is 0 Å². The summed E-state index contributed by atoms with van der Waals surface area (Å²) in [5.41, 5.74) is 5.05. The fraction of sp³-hybridized carbons (Fsp3) is 0.647. The van der Waals surface area contributed by atoms with Gasteiger partial charge in [0.15, 0.2) is 0 Å². The van der Waals surface area contributed by atoms with Crippen LogP contribution in [-0.2, 0) is 14.8 Å². The third-order valence-electron chi connectivity index (χ3n) is 4.92. The third-order valence-corrected chi connectivity index (χ3v) is 7.02. The largest absolute Gasteiger partial charge is 0.373 e. The van der Waals surface area contributed by atoms with Gasteiger partial charge in [-0.05, 0) is 76.3 Å². The van der Waals surface area contributed by atoms with Gasteiger partial charge in [-0.25, -0.2) is 8.42 Å². The lowest BCUT2D eigenvalue weighted by Gasteiger charge is -2.35. The molecule has 0 N–H and O–H groups in total. The van der Waals surface area contributed by atoms with Crippen molar-refractivity contribution in [2.24, 2.45) is 0 Å². The molecule has 5 heteroatoms. The van der Waals surface area contributed by atoms with Gasteiger partial charge >= 0.3 is 0 Å². The van der Waals surface area contributed by atoms with Gasteiger partial charge in [0.05, 0.1) is 17.1 Å². The Balaban J connectivity index is 2.60. The standard InChI is InChI=1S/C17H27NO3S/c1-10-8-18(9-11(2)21-10)22(19,20)17-15(6)13(4)12(3)14(5)16(17)7/h10-11H,8-9H2,1-7H3. The third kappa shape index (κ3) is 2.82. The van der Waals surface area contributed by atoms with Gasteiger partial charge in [-0.1, -0.05) is 0 Å². The second-order valence-corrected chi connectivity index (χ2v) is 8.41. The lowest BCUT2D eigenvalue weighted by molar-refractivity contribution is -0.0441. The fourth-order valence-corrected chi connectivity index (χ4v) is 5.46. The lowest BCUT2D eigenvalue weighted by atomic mass is 9.95. The van der Waals surface area contributed by atoms with Crippen molar-refractivity contribution >= 4 is 10.0 Å². The molecule has 2 rings (SSSR count). The summed E-state index contributed by atoms with van der Waals surface area (Å²) >= 11 is 0. The molecular formula is C17H27NO3S. The number of nitrogens with zero attached hydrogens (tertiary/aromatic N) is 1. The Hall–Kier alpha value is -0.910. The number of hydrogen-bond donors (Lipinski definition) is 0. The molecule has 1 aliphatic rings. The summed E-state index contributed by atoms with van der Waals surface area (Å²) in [4.78, 5) is 0.481. The number of hydrogen-bond acceptors (Lipinski definition) is 3. The number of ether oxygens (including phenoxy) is 1. The van der Waals surface area contributed by atoms with Crippen LogP contribution in [0.3, 0.4) is 0 Å². The van der Waals surface area contributed by atoms with Crippen LogP contribution in [0, 0.1) is 34.6 Å². The van der Waals surface area contributed by atoms with E-state index < -0.39 is 10.0 Å². The van der Waals surface area contributed by atoms with E-state index in [-0.39, 0.29) is 12.2 Å². The average Bonchev–Trinajstić information content (AvgIpc) is 2.42. The Morgan fingerprint density at radius 1 is 0.818 bits per heavy atom. The number of sulfonamides is 1. The molecule has 0 aromatic heterocycles. The first kappa shape index (κ1) is 17.4. The molecule has 4 nitrogen and oxygen atoms in total. The van der Waals surface area contributed by atoms with E-state index in [4.69, 9.17) is 4.74 Å². The summed E-state index contributed by atoms with van der Waals surface area (Å²) < 4.78 is 33.7. The molecule has 124 valence electrons. The van der Waals surface area contributed by atoms with Crippen LogP contribution in [0.4, 0.5) is 0 Å². The Morgan fingerprint density at radius 3 is 1.59 bits per heavy atom. The van der Waals surface area contributed by atoms with Crippen LogP contribution in [0.15, 0.2) is 4.90 Å². The molecule has 1 aromatic rings. The van der Waals surface area contributed by atoms with E-state index in [9.17, 15) is 8.42 Å². The average molecular weight is 325 g/mol. The van der Waals surface area contributed by atoms with Gasteiger partial charge in [-0.3, -0.25) is 0 Å². The summed E-state index contributed by atoms with van der Waals surface area (Å²) in [6.45, 7) is 14.5. The molecule has 0 radical (unpaired) electrons. The number of rotatable bonds is 2. The summed E-state index contributed by atoms with van der Waals surface area (Å²) in [6, 6.07) is 0.